The molecule has 0 aliphatic carbocycles. The number of rotatable bonds is 4. The molecule has 0 amide bonds. The first-order valence-electron chi connectivity index (χ1n) is 5.12. The summed E-state index contributed by atoms with van der Waals surface area (Å²) in [5.41, 5.74) is 0. The smallest absolute Gasteiger partial charge is 0.152 e. The summed E-state index contributed by atoms with van der Waals surface area (Å²) in [6.07, 6.45) is 3.23. The minimum atomic E-state index is 0.486. The number of hydrogen-bond acceptors (Lipinski definition) is 4. The van der Waals surface area contributed by atoms with Crippen LogP contribution in [0.15, 0.2) is 18.6 Å². The molecule has 0 spiro atoms. The summed E-state index contributed by atoms with van der Waals surface area (Å²) in [5, 5.41) is 11.9. The zero-order chi connectivity index (χ0) is 12.3. The quantitative estimate of drug-likeness (QED) is 0.929. The molecule has 0 fully saturated rings. The highest BCUT2D eigenvalue weighted by Crippen LogP contribution is 2.22. The summed E-state index contributed by atoms with van der Waals surface area (Å²) in [6, 6.07) is 1.64. The van der Waals surface area contributed by atoms with Gasteiger partial charge in [0.05, 0.1) is 16.6 Å². The Balaban J connectivity index is 2.07. The van der Waals surface area contributed by atoms with Crippen molar-refractivity contribution in [1.29, 1.82) is 0 Å². The SMILES string of the molecule is CCn1cnnc1CNc1ncc(Cl)cc1Cl. The summed E-state index contributed by atoms with van der Waals surface area (Å²) >= 11 is 11.8. The van der Waals surface area contributed by atoms with Crippen LogP contribution >= 0.6 is 23.2 Å². The maximum absolute atomic E-state index is 5.99. The number of anilines is 1. The van der Waals surface area contributed by atoms with Crippen molar-refractivity contribution in [2.45, 2.75) is 20.0 Å². The molecule has 0 unspecified atom stereocenters. The van der Waals surface area contributed by atoms with Crippen LogP contribution in [0.1, 0.15) is 12.7 Å². The molecule has 0 saturated heterocycles. The van der Waals surface area contributed by atoms with E-state index in [2.05, 4.69) is 20.5 Å². The van der Waals surface area contributed by atoms with Crippen molar-refractivity contribution < 1.29 is 0 Å². The Labute approximate surface area is 109 Å². The zero-order valence-electron chi connectivity index (χ0n) is 9.19. The van der Waals surface area contributed by atoms with Gasteiger partial charge in [-0.3, -0.25) is 0 Å². The van der Waals surface area contributed by atoms with E-state index in [0.29, 0.717) is 22.4 Å². The highest BCUT2D eigenvalue weighted by atomic mass is 35.5. The number of nitrogens with zero attached hydrogens (tertiary/aromatic N) is 4. The monoisotopic (exact) mass is 271 g/mol. The second-order valence-electron chi connectivity index (χ2n) is 3.37. The van der Waals surface area contributed by atoms with Crippen LogP contribution in [0, 0.1) is 0 Å². The van der Waals surface area contributed by atoms with Gasteiger partial charge in [-0.15, -0.1) is 10.2 Å². The van der Waals surface area contributed by atoms with Crippen LogP contribution in [-0.4, -0.2) is 19.7 Å². The minimum Gasteiger partial charge on any atom is -0.362 e. The maximum Gasteiger partial charge on any atom is 0.152 e. The average Bonchev–Trinajstić information content (AvgIpc) is 2.75. The fraction of sp³-hybridized carbons (Fsp3) is 0.300. The second kappa shape index (κ2) is 5.33. The fourth-order valence-electron chi connectivity index (χ4n) is 1.39. The van der Waals surface area contributed by atoms with Crippen molar-refractivity contribution in [1.82, 2.24) is 19.7 Å². The highest BCUT2D eigenvalue weighted by Gasteiger charge is 2.05. The molecule has 0 aromatic carbocycles. The van der Waals surface area contributed by atoms with Gasteiger partial charge in [0.1, 0.15) is 12.1 Å². The van der Waals surface area contributed by atoms with E-state index in [1.54, 1.807) is 18.6 Å². The summed E-state index contributed by atoms with van der Waals surface area (Å²) < 4.78 is 1.94. The molecule has 2 aromatic heterocycles. The lowest BCUT2D eigenvalue weighted by Crippen LogP contribution is -2.08. The topological polar surface area (TPSA) is 55.6 Å². The van der Waals surface area contributed by atoms with E-state index in [1.165, 1.54) is 0 Å². The zero-order valence-corrected chi connectivity index (χ0v) is 10.7. The van der Waals surface area contributed by atoms with Crippen LogP contribution in [0.4, 0.5) is 5.82 Å². The molecule has 0 atom stereocenters. The third kappa shape index (κ3) is 2.87. The first-order chi connectivity index (χ1) is 8.20. The minimum absolute atomic E-state index is 0.486. The largest absolute Gasteiger partial charge is 0.362 e. The molecule has 17 heavy (non-hydrogen) atoms. The maximum atomic E-state index is 5.99. The van der Waals surface area contributed by atoms with Gasteiger partial charge in [-0.05, 0) is 13.0 Å². The van der Waals surface area contributed by atoms with Crippen molar-refractivity contribution in [2.75, 3.05) is 5.32 Å². The molecular formula is C10H11Cl2N5. The van der Waals surface area contributed by atoms with E-state index in [4.69, 9.17) is 23.2 Å². The van der Waals surface area contributed by atoms with E-state index in [-0.39, 0.29) is 0 Å². The Morgan fingerprint density at radius 2 is 2.24 bits per heavy atom. The van der Waals surface area contributed by atoms with Gasteiger partial charge < -0.3 is 9.88 Å². The Hall–Kier alpha value is -1.33. The number of halogens is 2. The van der Waals surface area contributed by atoms with Gasteiger partial charge in [-0.25, -0.2) is 4.98 Å². The number of pyridine rings is 1. The molecule has 0 bridgehead atoms. The molecule has 90 valence electrons. The lowest BCUT2D eigenvalue weighted by Gasteiger charge is -2.07. The van der Waals surface area contributed by atoms with Crippen molar-refractivity contribution in [3.8, 4) is 0 Å². The average molecular weight is 272 g/mol. The molecule has 2 aromatic rings. The summed E-state index contributed by atoms with van der Waals surface area (Å²) in [5.74, 6) is 1.42. The van der Waals surface area contributed by atoms with E-state index in [0.717, 1.165) is 12.4 Å². The normalized spacial score (nSPS) is 10.5. The fourth-order valence-corrected chi connectivity index (χ4v) is 1.83. The summed E-state index contributed by atoms with van der Waals surface area (Å²) in [7, 11) is 0. The molecule has 1 N–H and O–H groups in total. The van der Waals surface area contributed by atoms with Crippen LogP contribution in [0.5, 0.6) is 0 Å². The van der Waals surface area contributed by atoms with Crippen LogP contribution in [-0.2, 0) is 13.1 Å². The summed E-state index contributed by atoms with van der Waals surface area (Å²) in [4.78, 5) is 4.10. The van der Waals surface area contributed by atoms with E-state index in [1.807, 2.05) is 11.5 Å². The van der Waals surface area contributed by atoms with E-state index >= 15 is 0 Å². The molecule has 2 heterocycles. The van der Waals surface area contributed by atoms with Gasteiger partial charge in [0.25, 0.3) is 0 Å². The molecule has 5 nitrogen and oxygen atoms in total. The first kappa shape index (κ1) is 12.1. The number of nitrogens with one attached hydrogen (secondary N) is 1. The van der Waals surface area contributed by atoms with Gasteiger partial charge in [0.15, 0.2) is 5.82 Å². The van der Waals surface area contributed by atoms with Gasteiger partial charge in [-0.2, -0.15) is 0 Å². The number of aryl methyl sites for hydroxylation is 1. The van der Waals surface area contributed by atoms with Crippen LogP contribution in [0.25, 0.3) is 0 Å². The van der Waals surface area contributed by atoms with E-state index < -0.39 is 0 Å². The van der Waals surface area contributed by atoms with Crippen LogP contribution in [0.2, 0.25) is 10.0 Å². The number of aromatic nitrogens is 4. The van der Waals surface area contributed by atoms with Crippen molar-refractivity contribution in [3.63, 3.8) is 0 Å². The van der Waals surface area contributed by atoms with Gasteiger partial charge in [0, 0.05) is 12.7 Å². The van der Waals surface area contributed by atoms with E-state index in [9.17, 15) is 0 Å². The van der Waals surface area contributed by atoms with Crippen LogP contribution in [0.3, 0.4) is 0 Å². The molecule has 0 saturated carbocycles. The summed E-state index contributed by atoms with van der Waals surface area (Å²) in [6.45, 7) is 3.37. The third-order valence-electron chi connectivity index (χ3n) is 2.26. The van der Waals surface area contributed by atoms with Gasteiger partial charge in [0.2, 0.25) is 0 Å². The van der Waals surface area contributed by atoms with Crippen molar-refractivity contribution in [3.05, 3.63) is 34.5 Å². The molecule has 7 heteroatoms. The lowest BCUT2D eigenvalue weighted by atomic mass is 10.4. The predicted molar refractivity (Wildman–Crippen MR) is 67.3 cm³/mol. The Kier molecular flexibility index (Phi) is 3.81. The molecule has 0 aliphatic rings. The second-order valence-corrected chi connectivity index (χ2v) is 4.21. The molecular weight excluding hydrogens is 261 g/mol. The third-order valence-corrected chi connectivity index (χ3v) is 2.75. The molecule has 0 radical (unpaired) electrons. The van der Waals surface area contributed by atoms with Gasteiger partial charge >= 0.3 is 0 Å². The highest BCUT2D eigenvalue weighted by molar-refractivity contribution is 6.35. The lowest BCUT2D eigenvalue weighted by molar-refractivity contribution is 0.707. The van der Waals surface area contributed by atoms with Crippen molar-refractivity contribution >= 4 is 29.0 Å². The number of hydrogen-bond donors (Lipinski definition) is 1. The van der Waals surface area contributed by atoms with Crippen LogP contribution < -0.4 is 5.32 Å². The Morgan fingerprint density at radius 1 is 1.41 bits per heavy atom. The molecule has 2 rings (SSSR count). The molecule has 0 aliphatic heterocycles. The first-order valence-corrected chi connectivity index (χ1v) is 5.88. The Bertz CT molecular complexity index is 511. The standard InChI is InChI=1S/C10H11Cl2N5/c1-2-17-6-15-16-9(17)5-14-10-8(12)3-7(11)4-13-10/h3-4,6H,2,5H2,1H3,(H,13,14). The Morgan fingerprint density at radius 3 is 2.94 bits per heavy atom. The predicted octanol–water partition coefficient (Wildman–Crippen LogP) is 2.61. The van der Waals surface area contributed by atoms with Gasteiger partial charge in [-0.1, -0.05) is 23.2 Å². The van der Waals surface area contributed by atoms with Crippen molar-refractivity contribution in [2.24, 2.45) is 0 Å².